The van der Waals surface area contributed by atoms with Crippen molar-refractivity contribution in [3.05, 3.63) is 41.7 Å². The number of amides is 2. The summed E-state index contributed by atoms with van der Waals surface area (Å²) in [7, 11) is 0. The normalized spacial score (nSPS) is 13.5. The van der Waals surface area contributed by atoms with Gasteiger partial charge >= 0.3 is 0 Å². The average molecular weight is 344 g/mol. The molecule has 0 unspecified atom stereocenters. The zero-order valence-corrected chi connectivity index (χ0v) is 13.6. The van der Waals surface area contributed by atoms with E-state index in [0.29, 0.717) is 37.3 Å². The van der Waals surface area contributed by atoms with Crippen molar-refractivity contribution in [2.24, 2.45) is 5.10 Å². The predicted octanol–water partition coefficient (Wildman–Crippen LogP) is 1.10. The van der Waals surface area contributed by atoms with Gasteiger partial charge < -0.3 is 5.32 Å². The molecule has 0 radical (unpaired) electrons. The van der Waals surface area contributed by atoms with Crippen molar-refractivity contribution in [1.29, 1.82) is 0 Å². The molecule has 1 aliphatic heterocycles. The van der Waals surface area contributed by atoms with Crippen LogP contribution in [0.3, 0.4) is 0 Å². The molecule has 1 aromatic carbocycles. The van der Waals surface area contributed by atoms with Crippen LogP contribution in [0.5, 0.6) is 0 Å². The summed E-state index contributed by atoms with van der Waals surface area (Å²) < 4.78 is 14.5. The number of aromatic nitrogens is 3. The molecule has 9 heteroatoms. The summed E-state index contributed by atoms with van der Waals surface area (Å²) in [6, 6.07) is 5.77. The first kappa shape index (κ1) is 16.7. The Labute approximate surface area is 143 Å². The maximum Gasteiger partial charge on any atom is 0.290 e. The minimum atomic E-state index is -0.383. The standard InChI is InChI=1S/C16H17FN6O2/c1-10-19-15(22-23(10)13-6-4-11(17)5-7-13)16(25)18-8-2-3-12-9-14(24)21-20-12/h4-7H,2-3,8-9H2,1H3,(H,18,25)(H,21,24). The number of hydrogen-bond donors (Lipinski definition) is 2. The second kappa shape index (κ2) is 7.20. The van der Waals surface area contributed by atoms with E-state index in [2.05, 4.69) is 25.9 Å². The van der Waals surface area contributed by atoms with Gasteiger partial charge in [-0.2, -0.15) is 5.10 Å². The van der Waals surface area contributed by atoms with Crippen LogP contribution in [-0.4, -0.2) is 38.8 Å². The Hall–Kier alpha value is -3.10. The predicted molar refractivity (Wildman–Crippen MR) is 87.8 cm³/mol. The lowest BCUT2D eigenvalue weighted by Crippen LogP contribution is -2.26. The molecule has 0 saturated heterocycles. The van der Waals surface area contributed by atoms with Gasteiger partial charge in [0.25, 0.3) is 5.91 Å². The van der Waals surface area contributed by atoms with E-state index in [1.165, 1.54) is 16.8 Å². The summed E-state index contributed by atoms with van der Waals surface area (Å²) in [5.74, 6) is -0.252. The molecule has 0 atom stereocenters. The Balaban J connectivity index is 1.55. The van der Waals surface area contributed by atoms with Crippen molar-refractivity contribution < 1.29 is 14.0 Å². The first-order valence-corrected chi connectivity index (χ1v) is 7.85. The molecule has 0 aliphatic carbocycles. The lowest BCUT2D eigenvalue weighted by molar-refractivity contribution is -0.119. The summed E-state index contributed by atoms with van der Waals surface area (Å²) in [4.78, 5) is 27.3. The summed E-state index contributed by atoms with van der Waals surface area (Å²) in [6.45, 7) is 2.14. The van der Waals surface area contributed by atoms with Crippen LogP contribution < -0.4 is 10.7 Å². The monoisotopic (exact) mass is 344 g/mol. The molecular weight excluding hydrogens is 327 g/mol. The SMILES string of the molecule is Cc1nc(C(=O)NCCCC2=NNC(=O)C2)nn1-c1ccc(F)cc1. The van der Waals surface area contributed by atoms with Gasteiger partial charge in [-0.25, -0.2) is 19.5 Å². The molecule has 2 heterocycles. The van der Waals surface area contributed by atoms with E-state index in [4.69, 9.17) is 0 Å². The highest BCUT2D eigenvalue weighted by atomic mass is 19.1. The van der Waals surface area contributed by atoms with Crippen LogP contribution in [0.15, 0.2) is 29.4 Å². The zero-order valence-electron chi connectivity index (χ0n) is 13.6. The molecule has 0 fully saturated rings. The van der Waals surface area contributed by atoms with Crippen LogP contribution in [0.2, 0.25) is 0 Å². The number of rotatable bonds is 6. The third-order valence-corrected chi connectivity index (χ3v) is 3.67. The van der Waals surface area contributed by atoms with E-state index >= 15 is 0 Å². The highest BCUT2D eigenvalue weighted by molar-refractivity contribution is 6.04. The molecule has 2 amide bonds. The van der Waals surface area contributed by atoms with Crippen LogP contribution >= 0.6 is 0 Å². The van der Waals surface area contributed by atoms with Gasteiger partial charge in [-0.15, -0.1) is 5.10 Å². The Morgan fingerprint density at radius 1 is 1.36 bits per heavy atom. The molecule has 1 aromatic heterocycles. The molecule has 2 N–H and O–H groups in total. The lowest BCUT2D eigenvalue weighted by Gasteiger charge is -2.02. The maximum atomic E-state index is 13.0. The number of aryl methyl sites for hydroxylation is 1. The second-order valence-corrected chi connectivity index (χ2v) is 5.62. The van der Waals surface area contributed by atoms with Gasteiger partial charge in [-0.05, 0) is 44.0 Å². The van der Waals surface area contributed by atoms with Gasteiger partial charge in [0.1, 0.15) is 11.6 Å². The number of nitrogens with zero attached hydrogens (tertiary/aromatic N) is 4. The number of halogens is 1. The van der Waals surface area contributed by atoms with Crippen molar-refractivity contribution in [3.63, 3.8) is 0 Å². The summed E-state index contributed by atoms with van der Waals surface area (Å²) in [5.41, 5.74) is 3.80. The zero-order chi connectivity index (χ0) is 17.8. The van der Waals surface area contributed by atoms with Crippen LogP contribution in [0.1, 0.15) is 35.7 Å². The molecule has 0 spiro atoms. The number of hydrogen-bond acceptors (Lipinski definition) is 5. The third kappa shape index (κ3) is 4.06. The molecular formula is C16H17FN6O2. The topological polar surface area (TPSA) is 101 Å². The van der Waals surface area contributed by atoms with Gasteiger partial charge in [0.2, 0.25) is 11.7 Å². The number of hydrazone groups is 1. The molecule has 2 aromatic rings. The van der Waals surface area contributed by atoms with E-state index in [-0.39, 0.29) is 23.5 Å². The largest absolute Gasteiger partial charge is 0.349 e. The highest BCUT2D eigenvalue weighted by Crippen LogP contribution is 2.10. The fourth-order valence-electron chi connectivity index (χ4n) is 2.44. The van der Waals surface area contributed by atoms with Gasteiger partial charge in [-0.3, -0.25) is 9.59 Å². The average Bonchev–Trinajstić information content (AvgIpc) is 3.18. The van der Waals surface area contributed by atoms with E-state index in [0.717, 1.165) is 5.71 Å². The molecule has 25 heavy (non-hydrogen) atoms. The van der Waals surface area contributed by atoms with Crippen LogP contribution in [0, 0.1) is 12.7 Å². The number of carbonyl (C=O) groups is 2. The van der Waals surface area contributed by atoms with Crippen LogP contribution in [0.4, 0.5) is 4.39 Å². The molecule has 130 valence electrons. The van der Waals surface area contributed by atoms with E-state index in [1.54, 1.807) is 19.1 Å². The van der Waals surface area contributed by atoms with Crippen LogP contribution in [0.25, 0.3) is 5.69 Å². The second-order valence-electron chi connectivity index (χ2n) is 5.62. The Morgan fingerprint density at radius 3 is 2.80 bits per heavy atom. The summed E-state index contributed by atoms with van der Waals surface area (Å²) in [5, 5.41) is 10.8. The van der Waals surface area contributed by atoms with Crippen molar-refractivity contribution in [1.82, 2.24) is 25.5 Å². The third-order valence-electron chi connectivity index (χ3n) is 3.67. The minimum absolute atomic E-state index is 0.0527. The summed E-state index contributed by atoms with van der Waals surface area (Å²) in [6.07, 6.45) is 1.61. The van der Waals surface area contributed by atoms with E-state index in [1.807, 2.05) is 0 Å². The molecule has 0 bridgehead atoms. The lowest BCUT2D eigenvalue weighted by atomic mass is 10.1. The van der Waals surface area contributed by atoms with Crippen molar-refractivity contribution >= 4 is 17.5 Å². The Morgan fingerprint density at radius 2 is 2.12 bits per heavy atom. The number of nitrogens with one attached hydrogen (secondary N) is 2. The molecule has 3 rings (SSSR count). The highest BCUT2D eigenvalue weighted by Gasteiger charge is 2.16. The first-order chi connectivity index (χ1) is 12.0. The van der Waals surface area contributed by atoms with Gasteiger partial charge in [0.15, 0.2) is 0 Å². The van der Waals surface area contributed by atoms with Gasteiger partial charge in [-0.1, -0.05) is 0 Å². The van der Waals surface area contributed by atoms with Crippen LogP contribution in [-0.2, 0) is 4.79 Å². The fraction of sp³-hybridized carbons (Fsp3) is 0.312. The maximum absolute atomic E-state index is 13.0. The first-order valence-electron chi connectivity index (χ1n) is 7.85. The van der Waals surface area contributed by atoms with E-state index in [9.17, 15) is 14.0 Å². The fourth-order valence-corrected chi connectivity index (χ4v) is 2.44. The number of benzene rings is 1. The Kier molecular flexibility index (Phi) is 4.82. The van der Waals surface area contributed by atoms with Crippen molar-refractivity contribution in [2.45, 2.75) is 26.2 Å². The molecule has 8 nitrogen and oxygen atoms in total. The van der Waals surface area contributed by atoms with Gasteiger partial charge in [0, 0.05) is 12.3 Å². The smallest absolute Gasteiger partial charge is 0.290 e. The van der Waals surface area contributed by atoms with Crippen molar-refractivity contribution in [3.8, 4) is 5.69 Å². The number of carbonyl (C=O) groups excluding carboxylic acids is 2. The molecule has 0 saturated carbocycles. The van der Waals surface area contributed by atoms with Gasteiger partial charge in [0.05, 0.1) is 12.1 Å². The van der Waals surface area contributed by atoms with Crippen molar-refractivity contribution in [2.75, 3.05) is 6.54 Å². The molecule has 1 aliphatic rings. The van der Waals surface area contributed by atoms with E-state index < -0.39 is 0 Å². The quantitative estimate of drug-likeness (QED) is 0.766. The minimum Gasteiger partial charge on any atom is -0.349 e. The Bertz CT molecular complexity index is 828. The summed E-state index contributed by atoms with van der Waals surface area (Å²) >= 11 is 0.